The van der Waals surface area contributed by atoms with Gasteiger partial charge in [-0.25, -0.2) is 4.79 Å². The summed E-state index contributed by atoms with van der Waals surface area (Å²) in [6, 6.07) is 3.12. The van der Waals surface area contributed by atoms with Gasteiger partial charge in [-0.05, 0) is 28.1 Å². The molecule has 0 atom stereocenters. The van der Waals surface area contributed by atoms with Gasteiger partial charge in [0.05, 0.1) is 14.0 Å². The third-order valence-corrected chi connectivity index (χ3v) is 3.31. The van der Waals surface area contributed by atoms with Crippen LogP contribution in [0.25, 0.3) is 10.2 Å². The first-order chi connectivity index (χ1) is 6.58. The van der Waals surface area contributed by atoms with Gasteiger partial charge < -0.3 is 10.1 Å². The Kier molecular flexibility index (Phi) is 2.16. The van der Waals surface area contributed by atoms with E-state index >= 15 is 0 Å². The maximum atomic E-state index is 11.2. The molecule has 0 aliphatic carbocycles. The van der Waals surface area contributed by atoms with E-state index in [0.717, 1.165) is 8.49 Å². The molecule has 0 unspecified atom stereocenters. The number of fused-ring (bicyclic) bond motifs is 1. The summed E-state index contributed by atoms with van der Waals surface area (Å²) >= 11 is 4.64. The minimum atomic E-state index is -1.21. The van der Waals surface area contributed by atoms with Gasteiger partial charge in [0, 0.05) is 0 Å². The van der Waals surface area contributed by atoms with E-state index in [1.54, 1.807) is 6.07 Å². The van der Waals surface area contributed by atoms with Gasteiger partial charge >= 0.3 is 5.97 Å². The predicted octanol–water partition coefficient (Wildman–Crippen LogP) is 2.05. The number of carbonyl (C=O) groups is 1. The van der Waals surface area contributed by atoms with Crippen LogP contribution in [0.15, 0.2) is 20.7 Å². The Labute approximate surface area is 90.3 Å². The SMILES string of the molecule is O=C(O)c1cc2sc(Br)cc2[nH]c1=O. The molecule has 0 aromatic carbocycles. The lowest BCUT2D eigenvalue weighted by molar-refractivity contribution is 0.0695. The molecule has 2 heterocycles. The van der Waals surface area contributed by atoms with Gasteiger partial charge in [-0.15, -0.1) is 11.3 Å². The minimum absolute atomic E-state index is 0.230. The number of hydrogen-bond donors (Lipinski definition) is 2. The lowest BCUT2D eigenvalue weighted by atomic mass is 10.2. The van der Waals surface area contributed by atoms with Crippen molar-refractivity contribution in [1.82, 2.24) is 4.98 Å². The second-order valence-electron chi connectivity index (χ2n) is 2.65. The number of H-pyrrole nitrogens is 1. The second-order valence-corrected chi connectivity index (χ2v) is 5.11. The van der Waals surface area contributed by atoms with Crippen molar-refractivity contribution in [2.24, 2.45) is 0 Å². The molecule has 2 rings (SSSR count). The Morgan fingerprint density at radius 3 is 2.86 bits per heavy atom. The van der Waals surface area contributed by atoms with Crippen molar-refractivity contribution in [3.63, 3.8) is 0 Å². The van der Waals surface area contributed by atoms with Crippen molar-refractivity contribution in [1.29, 1.82) is 0 Å². The van der Waals surface area contributed by atoms with E-state index in [4.69, 9.17) is 5.11 Å². The van der Waals surface area contributed by atoms with E-state index in [-0.39, 0.29) is 5.56 Å². The van der Waals surface area contributed by atoms with Crippen LogP contribution in [0, 0.1) is 0 Å². The zero-order valence-electron chi connectivity index (χ0n) is 6.70. The monoisotopic (exact) mass is 273 g/mol. The van der Waals surface area contributed by atoms with Gasteiger partial charge in [0.1, 0.15) is 5.56 Å². The van der Waals surface area contributed by atoms with Gasteiger partial charge in [0.2, 0.25) is 0 Å². The Balaban J connectivity index is 2.83. The molecule has 0 fully saturated rings. The molecule has 2 aromatic heterocycles. The number of nitrogens with one attached hydrogen (secondary N) is 1. The number of pyridine rings is 1. The maximum absolute atomic E-state index is 11.2. The molecule has 0 aliphatic heterocycles. The molecule has 0 spiro atoms. The molecule has 0 saturated heterocycles. The number of thiophene rings is 1. The molecule has 6 heteroatoms. The number of aromatic amines is 1. The zero-order chi connectivity index (χ0) is 10.3. The van der Waals surface area contributed by atoms with E-state index < -0.39 is 11.5 Å². The van der Waals surface area contributed by atoms with Crippen molar-refractivity contribution >= 4 is 43.5 Å². The third-order valence-electron chi connectivity index (χ3n) is 1.73. The quantitative estimate of drug-likeness (QED) is 0.836. The highest BCUT2D eigenvalue weighted by atomic mass is 79.9. The fraction of sp³-hybridized carbons (Fsp3) is 0. The zero-order valence-corrected chi connectivity index (χ0v) is 9.11. The number of rotatable bonds is 1. The van der Waals surface area contributed by atoms with Crippen molar-refractivity contribution in [2.75, 3.05) is 0 Å². The summed E-state index contributed by atoms with van der Waals surface area (Å²) in [5.41, 5.74) is -0.154. The summed E-state index contributed by atoms with van der Waals surface area (Å²) in [6.07, 6.45) is 0. The maximum Gasteiger partial charge on any atom is 0.341 e. The largest absolute Gasteiger partial charge is 0.477 e. The summed E-state index contributed by atoms with van der Waals surface area (Å²) < 4.78 is 1.60. The average Bonchev–Trinajstić information content (AvgIpc) is 2.42. The molecule has 0 amide bonds. The first-order valence-corrected chi connectivity index (χ1v) is 5.24. The second kappa shape index (κ2) is 3.21. The smallest absolute Gasteiger partial charge is 0.341 e. The number of aromatic carboxylic acids is 1. The topological polar surface area (TPSA) is 70.2 Å². The van der Waals surface area contributed by atoms with Crippen LogP contribution in [0.5, 0.6) is 0 Å². The fourth-order valence-corrected chi connectivity index (χ4v) is 2.66. The van der Waals surface area contributed by atoms with E-state index in [1.165, 1.54) is 17.4 Å². The average molecular weight is 274 g/mol. The fourth-order valence-electron chi connectivity index (χ4n) is 1.12. The van der Waals surface area contributed by atoms with Gasteiger partial charge in [-0.2, -0.15) is 0 Å². The Morgan fingerprint density at radius 1 is 1.50 bits per heavy atom. The summed E-state index contributed by atoms with van der Waals surface area (Å²) in [4.78, 5) is 24.4. The molecule has 0 bridgehead atoms. The minimum Gasteiger partial charge on any atom is -0.477 e. The molecule has 2 N–H and O–H groups in total. The van der Waals surface area contributed by atoms with Crippen LogP contribution in [-0.4, -0.2) is 16.1 Å². The molecule has 2 aromatic rings. The summed E-state index contributed by atoms with van der Waals surface area (Å²) in [7, 11) is 0. The van der Waals surface area contributed by atoms with Crippen LogP contribution in [0.3, 0.4) is 0 Å². The Morgan fingerprint density at radius 2 is 2.21 bits per heavy atom. The predicted molar refractivity (Wildman–Crippen MR) is 57.1 cm³/mol. The molecule has 0 radical (unpaired) electrons. The molecular formula is C8H4BrNO3S. The van der Waals surface area contributed by atoms with Crippen LogP contribution in [-0.2, 0) is 0 Å². The molecule has 0 saturated carbocycles. The molecule has 0 aliphatic rings. The van der Waals surface area contributed by atoms with Crippen LogP contribution in [0.1, 0.15) is 10.4 Å². The van der Waals surface area contributed by atoms with E-state index in [2.05, 4.69) is 20.9 Å². The number of hydrogen-bond acceptors (Lipinski definition) is 3. The van der Waals surface area contributed by atoms with E-state index in [0.29, 0.717) is 5.52 Å². The molecule has 14 heavy (non-hydrogen) atoms. The third kappa shape index (κ3) is 1.46. The molecular weight excluding hydrogens is 270 g/mol. The first kappa shape index (κ1) is 9.42. The van der Waals surface area contributed by atoms with Gasteiger partial charge in [-0.1, -0.05) is 0 Å². The molecule has 72 valence electrons. The standard InChI is InChI=1S/C8H4BrNO3S/c9-6-2-4-5(14-6)1-3(8(12)13)7(11)10-4/h1-2H,(H,10,11)(H,12,13). The van der Waals surface area contributed by atoms with Crippen LogP contribution >= 0.6 is 27.3 Å². The number of carboxylic acids is 1. The molecule has 4 nitrogen and oxygen atoms in total. The number of carboxylic acid groups (broad SMARTS) is 1. The number of aromatic nitrogens is 1. The van der Waals surface area contributed by atoms with Crippen molar-refractivity contribution in [3.8, 4) is 0 Å². The lowest BCUT2D eigenvalue weighted by Gasteiger charge is -1.92. The van der Waals surface area contributed by atoms with Gasteiger partial charge in [0.25, 0.3) is 5.56 Å². The highest BCUT2D eigenvalue weighted by Crippen LogP contribution is 2.27. The van der Waals surface area contributed by atoms with Gasteiger partial charge in [-0.3, -0.25) is 4.79 Å². The van der Waals surface area contributed by atoms with Crippen LogP contribution < -0.4 is 5.56 Å². The number of halogens is 1. The van der Waals surface area contributed by atoms with E-state index in [9.17, 15) is 9.59 Å². The van der Waals surface area contributed by atoms with Crippen molar-refractivity contribution in [3.05, 3.63) is 31.8 Å². The summed E-state index contributed by atoms with van der Waals surface area (Å²) in [5.74, 6) is -1.21. The van der Waals surface area contributed by atoms with Gasteiger partial charge in [0.15, 0.2) is 0 Å². The summed E-state index contributed by atoms with van der Waals surface area (Å²) in [6.45, 7) is 0. The van der Waals surface area contributed by atoms with Crippen LogP contribution in [0.2, 0.25) is 0 Å². The summed E-state index contributed by atoms with van der Waals surface area (Å²) in [5, 5.41) is 8.70. The normalized spacial score (nSPS) is 10.6. The highest BCUT2D eigenvalue weighted by molar-refractivity contribution is 9.11. The van der Waals surface area contributed by atoms with Crippen molar-refractivity contribution in [2.45, 2.75) is 0 Å². The van der Waals surface area contributed by atoms with Crippen LogP contribution in [0.4, 0.5) is 0 Å². The van der Waals surface area contributed by atoms with E-state index in [1.807, 2.05) is 0 Å². The Hall–Kier alpha value is -1.14. The highest BCUT2D eigenvalue weighted by Gasteiger charge is 2.11. The van der Waals surface area contributed by atoms with Crippen molar-refractivity contribution < 1.29 is 9.90 Å². The first-order valence-electron chi connectivity index (χ1n) is 3.63. The lowest BCUT2D eigenvalue weighted by Crippen LogP contribution is -2.16. The Bertz CT molecular complexity index is 571.